The van der Waals surface area contributed by atoms with Gasteiger partial charge in [-0.1, -0.05) is 6.92 Å². The van der Waals surface area contributed by atoms with Crippen LogP contribution in [-0.2, 0) is 19.4 Å². The summed E-state index contributed by atoms with van der Waals surface area (Å²) in [6.07, 6.45) is 1.21. The molecular formula is C10H21O4SSi. The first kappa shape index (κ1) is 14.1. The fourth-order valence-electron chi connectivity index (χ4n) is 1.65. The summed E-state index contributed by atoms with van der Waals surface area (Å²) < 4.78 is 27.9. The molecule has 0 amide bonds. The van der Waals surface area contributed by atoms with Crippen molar-refractivity contribution in [3.63, 3.8) is 0 Å². The first-order chi connectivity index (χ1) is 7.21. The van der Waals surface area contributed by atoms with E-state index in [0.717, 1.165) is 6.42 Å². The lowest BCUT2D eigenvalue weighted by Gasteiger charge is -2.21. The Kier molecular flexibility index (Phi) is 4.56. The minimum atomic E-state index is -2.85. The first-order valence-electron chi connectivity index (χ1n) is 5.73. The molecule has 0 aromatic carbocycles. The number of hydrogen-bond donors (Lipinski definition) is 0. The van der Waals surface area contributed by atoms with Crippen molar-refractivity contribution in [3.8, 4) is 0 Å². The van der Waals surface area contributed by atoms with Gasteiger partial charge in [-0.2, -0.15) is 0 Å². The molecule has 1 aliphatic rings. The fourth-order valence-corrected chi connectivity index (χ4v) is 4.08. The zero-order valence-electron chi connectivity index (χ0n) is 10.2. The van der Waals surface area contributed by atoms with Crippen molar-refractivity contribution < 1.29 is 18.0 Å². The van der Waals surface area contributed by atoms with E-state index in [4.69, 9.17) is 4.74 Å². The highest BCUT2D eigenvalue weighted by atomic mass is 32.2. The summed E-state index contributed by atoms with van der Waals surface area (Å²) in [6, 6.07) is 0. The van der Waals surface area contributed by atoms with Crippen LogP contribution >= 0.6 is 0 Å². The third-order valence-electron chi connectivity index (χ3n) is 3.28. The molecule has 0 bridgehead atoms. The Morgan fingerprint density at radius 2 is 2.06 bits per heavy atom. The Morgan fingerprint density at radius 3 is 2.50 bits per heavy atom. The van der Waals surface area contributed by atoms with E-state index in [1.807, 2.05) is 6.92 Å². The Bertz CT molecular complexity index is 320. The number of rotatable bonds is 5. The summed E-state index contributed by atoms with van der Waals surface area (Å²) in [7, 11) is -5.17. The van der Waals surface area contributed by atoms with Gasteiger partial charge < -0.3 is 4.74 Å². The molecule has 1 aliphatic heterocycles. The minimum Gasteiger partial charge on any atom is -0.377 e. The van der Waals surface area contributed by atoms with Crippen LogP contribution in [0.15, 0.2) is 0 Å². The normalized spacial score (nSPS) is 26.9. The smallest absolute Gasteiger partial charge is 0.234 e. The van der Waals surface area contributed by atoms with E-state index >= 15 is 0 Å². The van der Waals surface area contributed by atoms with Gasteiger partial charge in [0, 0.05) is 6.61 Å². The van der Waals surface area contributed by atoms with Gasteiger partial charge in [0.25, 0.3) is 0 Å². The zero-order valence-corrected chi connectivity index (χ0v) is 12.0. The highest BCUT2D eigenvalue weighted by molar-refractivity contribution is 7.91. The molecule has 0 aliphatic carbocycles. The van der Waals surface area contributed by atoms with Gasteiger partial charge in [0.15, 0.2) is 9.84 Å². The van der Waals surface area contributed by atoms with Crippen molar-refractivity contribution in [3.05, 3.63) is 0 Å². The summed E-state index contributed by atoms with van der Waals surface area (Å²) in [5.41, 5.74) is 0.172. The Hall–Kier alpha value is 0.0869. The topological polar surface area (TPSA) is 63.3 Å². The molecule has 0 saturated carbocycles. The largest absolute Gasteiger partial charge is 0.377 e. The standard InChI is InChI=1S/C10H21O4SSi/c1-9(16(2,3)13)4-6-14-10-5-7-15(11,12)8-10/h9-10H,4-8H2,1-3H3. The van der Waals surface area contributed by atoms with Crippen molar-refractivity contribution in [1.29, 1.82) is 0 Å². The number of hydrogen-bond acceptors (Lipinski definition) is 3. The maximum atomic E-state index is 11.7. The van der Waals surface area contributed by atoms with Crippen molar-refractivity contribution in [1.82, 2.24) is 0 Å². The van der Waals surface area contributed by atoms with Gasteiger partial charge in [-0.15, -0.1) is 0 Å². The molecule has 1 heterocycles. The third-order valence-corrected chi connectivity index (χ3v) is 7.68. The van der Waals surface area contributed by atoms with E-state index in [1.54, 1.807) is 13.1 Å². The quantitative estimate of drug-likeness (QED) is 0.709. The molecule has 2 unspecified atom stereocenters. The molecular weight excluding hydrogens is 244 g/mol. The van der Waals surface area contributed by atoms with Gasteiger partial charge >= 0.3 is 0 Å². The highest BCUT2D eigenvalue weighted by Gasteiger charge is 2.30. The van der Waals surface area contributed by atoms with E-state index in [-0.39, 0.29) is 23.2 Å². The fraction of sp³-hybridized carbons (Fsp3) is 1.00. The summed E-state index contributed by atoms with van der Waals surface area (Å²) in [4.78, 5) is 11.7. The molecule has 0 N–H and O–H groups in total. The Balaban J connectivity index is 2.22. The molecule has 16 heavy (non-hydrogen) atoms. The molecule has 1 radical (unpaired) electrons. The zero-order chi connectivity index (χ0) is 12.4. The van der Waals surface area contributed by atoms with E-state index in [9.17, 15) is 13.2 Å². The molecule has 1 saturated heterocycles. The van der Waals surface area contributed by atoms with Crippen LogP contribution in [0.3, 0.4) is 0 Å². The van der Waals surface area contributed by atoms with Gasteiger partial charge in [0.1, 0.15) is 0 Å². The van der Waals surface area contributed by atoms with Gasteiger partial charge in [-0.05, 0) is 31.5 Å². The molecule has 0 aromatic heterocycles. The summed E-state index contributed by atoms with van der Waals surface area (Å²) in [5.74, 6) is 0.397. The van der Waals surface area contributed by atoms with E-state index < -0.39 is 18.2 Å². The van der Waals surface area contributed by atoms with Gasteiger partial charge in [-0.25, -0.2) is 8.42 Å². The molecule has 2 atom stereocenters. The number of ether oxygens (including phenoxy) is 1. The van der Waals surface area contributed by atoms with Crippen molar-refractivity contribution in [2.45, 2.75) is 44.5 Å². The summed E-state index contributed by atoms with van der Waals surface area (Å²) in [5, 5.41) is 0. The first-order valence-corrected chi connectivity index (χ1v) is 10.5. The third kappa shape index (κ3) is 4.53. The molecule has 0 aromatic rings. The lowest BCUT2D eigenvalue weighted by Crippen LogP contribution is -2.30. The van der Waals surface area contributed by atoms with Crippen LogP contribution in [0, 0.1) is 0 Å². The Labute approximate surface area is 99.1 Å². The number of sulfone groups is 1. The van der Waals surface area contributed by atoms with Crippen LogP contribution in [-0.4, -0.2) is 41.0 Å². The van der Waals surface area contributed by atoms with Crippen molar-refractivity contribution >= 4 is 18.2 Å². The highest BCUT2D eigenvalue weighted by Crippen LogP contribution is 2.23. The van der Waals surface area contributed by atoms with Crippen molar-refractivity contribution in [2.75, 3.05) is 18.1 Å². The van der Waals surface area contributed by atoms with Crippen LogP contribution in [0.25, 0.3) is 0 Å². The average Bonchev–Trinajstić information content (AvgIpc) is 2.44. The van der Waals surface area contributed by atoms with Crippen LogP contribution in [0.5, 0.6) is 0 Å². The van der Waals surface area contributed by atoms with Crippen molar-refractivity contribution in [2.24, 2.45) is 0 Å². The molecule has 6 heteroatoms. The molecule has 0 spiro atoms. The van der Waals surface area contributed by atoms with E-state index in [0.29, 0.717) is 13.0 Å². The van der Waals surface area contributed by atoms with Crippen LogP contribution in [0.4, 0.5) is 0 Å². The van der Waals surface area contributed by atoms with Gasteiger partial charge in [-0.3, -0.25) is 4.80 Å². The second-order valence-electron chi connectivity index (χ2n) is 5.19. The van der Waals surface area contributed by atoms with Gasteiger partial charge in [0.2, 0.25) is 8.32 Å². The predicted molar refractivity (Wildman–Crippen MR) is 65.2 cm³/mol. The molecule has 4 nitrogen and oxygen atoms in total. The predicted octanol–water partition coefficient (Wildman–Crippen LogP) is 1.61. The maximum absolute atomic E-state index is 11.7. The average molecular weight is 265 g/mol. The SMILES string of the molecule is CC(CCOC1CCS(=O)(=O)C1)[Si](C)(C)[O]. The molecule has 1 fully saturated rings. The minimum absolute atomic E-state index is 0.145. The Morgan fingerprint density at radius 1 is 1.44 bits per heavy atom. The van der Waals surface area contributed by atoms with Crippen LogP contribution in [0.2, 0.25) is 18.6 Å². The summed E-state index contributed by atoms with van der Waals surface area (Å²) >= 11 is 0. The monoisotopic (exact) mass is 265 g/mol. The second-order valence-corrected chi connectivity index (χ2v) is 11.6. The van der Waals surface area contributed by atoms with E-state index in [2.05, 4.69) is 0 Å². The molecule has 1 rings (SSSR count). The summed E-state index contributed by atoms with van der Waals surface area (Å²) in [6.45, 7) is 6.09. The maximum Gasteiger partial charge on any atom is 0.234 e. The van der Waals surface area contributed by atoms with Crippen LogP contribution < -0.4 is 0 Å². The second kappa shape index (κ2) is 5.16. The van der Waals surface area contributed by atoms with E-state index in [1.165, 1.54) is 0 Å². The molecule has 95 valence electrons. The lowest BCUT2D eigenvalue weighted by atomic mass is 10.3. The van der Waals surface area contributed by atoms with Gasteiger partial charge in [0.05, 0.1) is 17.6 Å². The van der Waals surface area contributed by atoms with Crippen LogP contribution in [0.1, 0.15) is 19.8 Å². The lowest BCUT2D eigenvalue weighted by molar-refractivity contribution is 0.0679.